The first-order chi connectivity index (χ1) is 13.4. The molecule has 3 rings (SSSR count). The predicted octanol–water partition coefficient (Wildman–Crippen LogP) is 1.86. The highest BCUT2D eigenvalue weighted by atomic mass is 79.9. The fourth-order valence-corrected chi connectivity index (χ4v) is 4.06. The minimum Gasteiger partial charge on any atom is -1.00 e. The Kier molecular flexibility index (Phi) is 8.90. The molecule has 29 heavy (non-hydrogen) atoms. The van der Waals surface area contributed by atoms with E-state index < -0.39 is 0 Å². The van der Waals surface area contributed by atoms with Crippen LogP contribution in [0.5, 0.6) is 0 Å². The second kappa shape index (κ2) is 10.9. The van der Waals surface area contributed by atoms with E-state index in [1.807, 2.05) is 42.5 Å². The quantitative estimate of drug-likeness (QED) is 0.507. The number of nitrogens with one attached hydrogen (secondary N) is 1. The van der Waals surface area contributed by atoms with Crippen LogP contribution in [0.1, 0.15) is 24.0 Å². The number of nitrogens with zero attached hydrogens (tertiary/aromatic N) is 1. The maximum Gasteiger partial charge on any atom is 0.248 e. The van der Waals surface area contributed by atoms with Gasteiger partial charge in [0.25, 0.3) is 0 Å². The van der Waals surface area contributed by atoms with Gasteiger partial charge in [-0.15, -0.1) is 0 Å². The number of amides is 1. The largest absolute Gasteiger partial charge is 1.00 e. The van der Waals surface area contributed by atoms with E-state index in [9.17, 15) is 4.79 Å². The Morgan fingerprint density at radius 2 is 1.86 bits per heavy atom. The molecule has 1 N–H and O–H groups in total. The maximum atomic E-state index is 12.2. The molecule has 1 amide bonds. The normalized spacial score (nSPS) is 15.1. The van der Waals surface area contributed by atoms with E-state index >= 15 is 0 Å². The third-order valence-electron chi connectivity index (χ3n) is 5.27. The van der Waals surface area contributed by atoms with E-state index in [0.717, 1.165) is 52.8 Å². The number of carbonyl (C=O) groups is 1. The van der Waals surface area contributed by atoms with E-state index in [-0.39, 0.29) is 18.3 Å². The number of carbonyl (C=O) groups excluding carboxylic acids is 1. The van der Waals surface area contributed by atoms with Gasteiger partial charge >= 0.3 is 0 Å². The SMILES string of the molecule is C[N+](C)(Cc1ccc(NC(=O)/C=C/c2cccc(Br)c2)cc1)C1CCOCC1.[Cl-]. The minimum absolute atomic E-state index is 0. The van der Waals surface area contributed by atoms with Gasteiger partial charge in [0.15, 0.2) is 0 Å². The van der Waals surface area contributed by atoms with Crippen LogP contribution in [-0.4, -0.2) is 43.7 Å². The first kappa shape index (κ1) is 23.6. The third kappa shape index (κ3) is 7.27. The fourth-order valence-electron chi connectivity index (χ4n) is 3.64. The van der Waals surface area contributed by atoms with Crippen molar-refractivity contribution in [2.45, 2.75) is 25.4 Å². The molecule has 156 valence electrons. The second-order valence-electron chi connectivity index (χ2n) is 7.85. The monoisotopic (exact) mass is 478 g/mol. The molecule has 1 fully saturated rings. The lowest BCUT2D eigenvalue weighted by Crippen LogP contribution is -3.00. The summed E-state index contributed by atoms with van der Waals surface area (Å²) in [6.45, 7) is 2.71. The van der Waals surface area contributed by atoms with Gasteiger partial charge in [-0.05, 0) is 35.9 Å². The molecule has 1 heterocycles. The standard InChI is InChI=1S/C23H27BrN2O2.ClH/c1-26(2,22-12-14-28-15-13-22)17-19-6-9-21(10-7-19)25-23(27)11-8-18-4-3-5-20(24)16-18;/h3-11,16,22H,12-15,17H2,1-2H3;1H/b11-8+;. The van der Waals surface area contributed by atoms with Gasteiger partial charge in [-0.25, -0.2) is 0 Å². The Bertz CT molecular complexity index is 831. The summed E-state index contributed by atoms with van der Waals surface area (Å²) in [5, 5.41) is 2.92. The van der Waals surface area contributed by atoms with Crippen molar-refractivity contribution < 1.29 is 26.4 Å². The summed E-state index contributed by atoms with van der Waals surface area (Å²) < 4.78 is 7.45. The number of halogens is 2. The van der Waals surface area contributed by atoms with E-state index in [1.54, 1.807) is 6.08 Å². The van der Waals surface area contributed by atoms with Gasteiger partial charge in [-0.2, -0.15) is 0 Å². The summed E-state index contributed by atoms with van der Waals surface area (Å²) >= 11 is 3.43. The lowest BCUT2D eigenvalue weighted by atomic mass is 10.0. The number of rotatable bonds is 6. The number of quaternary nitrogens is 1. The minimum atomic E-state index is -0.133. The van der Waals surface area contributed by atoms with Crippen LogP contribution in [0, 0.1) is 0 Å². The zero-order valence-electron chi connectivity index (χ0n) is 16.9. The zero-order valence-corrected chi connectivity index (χ0v) is 19.2. The van der Waals surface area contributed by atoms with E-state index in [4.69, 9.17) is 4.74 Å². The molecule has 1 aliphatic rings. The van der Waals surface area contributed by atoms with Crippen molar-refractivity contribution >= 4 is 33.6 Å². The molecule has 0 saturated carbocycles. The Morgan fingerprint density at radius 3 is 2.52 bits per heavy atom. The number of anilines is 1. The van der Waals surface area contributed by atoms with Crippen molar-refractivity contribution in [1.82, 2.24) is 0 Å². The van der Waals surface area contributed by atoms with E-state index in [0.29, 0.717) is 6.04 Å². The van der Waals surface area contributed by atoms with Gasteiger partial charge in [-0.3, -0.25) is 4.79 Å². The van der Waals surface area contributed by atoms with Gasteiger partial charge in [0.1, 0.15) is 6.54 Å². The Morgan fingerprint density at radius 1 is 1.17 bits per heavy atom. The molecular formula is C23H28BrClN2O2. The summed E-state index contributed by atoms with van der Waals surface area (Å²) in [5.74, 6) is -0.133. The van der Waals surface area contributed by atoms with Gasteiger partial charge in [0, 0.05) is 34.6 Å². The number of hydrogen-bond donors (Lipinski definition) is 1. The van der Waals surface area contributed by atoms with Crippen molar-refractivity contribution in [3.05, 3.63) is 70.2 Å². The number of hydrogen-bond acceptors (Lipinski definition) is 2. The molecule has 0 radical (unpaired) electrons. The highest BCUT2D eigenvalue weighted by molar-refractivity contribution is 9.10. The second-order valence-corrected chi connectivity index (χ2v) is 8.77. The molecular weight excluding hydrogens is 452 g/mol. The summed E-state index contributed by atoms with van der Waals surface area (Å²) in [5.41, 5.74) is 3.07. The Hall–Kier alpha value is -1.66. The van der Waals surface area contributed by atoms with Crippen molar-refractivity contribution in [3.8, 4) is 0 Å². The Balaban J connectivity index is 0.00000300. The van der Waals surface area contributed by atoms with Gasteiger partial charge < -0.3 is 26.9 Å². The molecule has 0 aromatic heterocycles. The van der Waals surface area contributed by atoms with Crippen LogP contribution in [-0.2, 0) is 16.1 Å². The molecule has 2 aromatic rings. The molecule has 0 unspecified atom stereocenters. The van der Waals surface area contributed by atoms with Crippen LogP contribution < -0.4 is 17.7 Å². The van der Waals surface area contributed by atoms with Crippen molar-refractivity contribution in [1.29, 1.82) is 0 Å². The number of benzene rings is 2. The smallest absolute Gasteiger partial charge is 0.248 e. The molecule has 0 atom stereocenters. The van der Waals surface area contributed by atoms with Gasteiger partial charge in [0.05, 0.1) is 33.4 Å². The van der Waals surface area contributed by atoms with Crippen LogP contribution in [0.15, 0.2) is 59.1 Å². The van der Waals surface area contributed by atoms with E-state index in [1.165, 1.54) is 5.56 Å². The van der Waals surface area contributed by atoms with Crippen molar-refractivity contribution in [3.63, 3.8) is 0 Å². The van der Waals surface area contributed by atoms with Crippen molar-refractivity contribution in [2.24, 2.45) is 0 Å². The molecule has 0 spiro atoms. The average Bonchev–Trinajstić information content (AvgIpc) is 2.68. The summed E-state index contributed by atoms with van der Waals surface area (Å²) in [4.78, 5) is 12.2. The summed E-state index contributed by atoms with van der Waals surface area (Å²) in [6.07, 6.45) is 5.60. The van der Waals surface area contributed by atoms with Crippen LogP contribution in [0.3, 0.4) is 0 Å². The fraction of sp³-hybridized carbons (Fsp3) is 0.348. The highest BCUT2D eigenvalue weighted by Crippen LogP contribution is 2.23. The molecule has 6 heteroatoms. The Labute approximate surface area is 188 Å². The van der Waals surface area contributed by atoms with Crippen molar-refractivity contribution in [2.75, 3.05) is 32.6 Å². The van der Waals surface area contributed by atoms with Gasteiger partial charge in [-0.1, -0.05) is 40.2 Å². The lowest BCUT2D eigenvalue weighted by Gasteiger charge is -2.40. The highest BCUT2D eigenvalue weighted by Gasteiger charge is 2.30. The lowest BCUT2D eigenvalue weighted by molar-refractivity contribution is -0.929. The molecule has 1 saturated heterocycles. The summed E-state index contributed by atoms with van der Waals surface area (Å²) in [7, 11) is 4.58. The van der Waals surface area contributed by atoms with E-state index in [2.05, 4.69) is 47.5 Å². The predicted molar refractivity (Wildman–Crippen MR) is 118 cm³/mol. The van der Waals surface area contributed by atoms with Gasteiger partial charge in [0.2, 0.25) is 5.91 Å². The summed E-state index contributed by atoms with van der Waals surface area (Å²) in [6, 6.07) is 16.6. The third-order valence-corrected chi connectivity index (χ3v) is 5.76. The first-order valence-corrected chi connectivity index (χ1v) is 10.5. The number of ether oxygens (including phenoxy) is 1. The molecule has 4 nitrogen and oxygen atoms in total. The molecule has 0 bridgehead atoms. The van der Waals surface area contributed by atoms with Crippen LogP contribution in [0.4, 0.5) is 5.69 Å². The molecule has 2 aromatic carbocycles. The van der Waals surface area contributed by atoms with Crippen LogP contribution in [0.2, 0.25) is 0 Å². The maximum absolute atomic E-state index is 12.2. The molecule has 1 aliphatic heterocycles. The topological polar surface area (TPSA) is 38.3 Å². The first-order valence-electron chi connectivity index (χ1n) is 9.66. The zero-order chi connectivity index (χ0) is 20.0. The molecule has 0 aliphatic carbocycles. The van der Waals surface area contributed by atoms with Crippen LogP contribution in [0.25, 0.3) is 6.08 Å². The van der Waals surface area contributed by atoms with Crippen LogP contribution >= 0.6 is 15.9 Å². The average molecular weight is 480 g/mol.